The van der Waals surface area contributed by atoms with Crippen molar-refractivity contribution in [3.8, 4) is 28.1 Å². The molecule has 3 atom stereocenters. The molecule has 2 aromatic carbocycles. The second kappa shape index (κ2) is 20.2. The number of pyridine rings is 1. The quantitative estimate of drug-likeness (QED) is 0.111. The molecule has 0 aliphatic carbocycles. The van der Waals surface area contributed by atoms with Gasteiger partial charge in [-0.3, -0.25) is 34.0 Å². The molecule has 14 heteroatoms. The van der Waals surface area contributed by atoms with Gasteiger partial charge in [-0.2, -0.15) is 0 Å². The number of aromatic hydroxyl groups is 1. The van der Waals surface area contributed by atoms with Crippen molar-refractivity contribution in [3.05, 3.63) is 84.2 Å². The van der Waals surface area contributed by atoms with Crippen molar-refractivity contribution in [2.75, 3.05) is 33.8 Å². The number of aryl methyl sites for hydroxylation is 2. The Hall–Kier alpha value is -6.02. The van der Waals surface area contributed by atoms with Crippen LogP contribution in [0.1, 0.15) is 84.0 Å². The second-order valence-corrected chi connectivity index (χ2v) is 18.3. The molecule has 2 aliphatic rings. The summed E-state index contributed by atoms with van der Waals surface area (Å²) in [6, 6.07) is 12.7. The number of nitrogens with zero attached hydrogens (tertiary/aromatic N) is 5. The van der Waals surface area contributed by atoms with Crippen LogP contribution in [0.2, 0.25) is 0 Å². The summed E-state index contributed by atoms with van der Waals surface area (Å²) in [5.41, 5.74) is 10.1. The summed E-state index contributed by atoms with van der Waals surface area (Å²) in [7, 11) is 3.21. The largest absolute Gasteiger partial charge is 0.508 e. The Morgan fingerprint density at radius 3 is 2.56 bits per heavy atom. The Bertz CT molecular complexity index is 2400. The zero-order valence-corrected chi connectivity index (χ0v) is 38.7. The number of amides is 4. The van der Waals surface area contributed by atoms with Crippen molar-refractivity contribution in [2.45, 2.75) is 111 Å². The SMILES string of the molecule is C=CC(=O)N(C)CCCC(=O)N(C)[C@H](C(=O)N[C@H]1Cc2cc(O)cc(c2)-c2ccc3c(c2)c(c(-c2cccnc2CC)n3CC)CC(C)(C)COC(=O)[C@@H]2CCCN(N2)C1=O)C(C)C. The van der Waals surface area contributed by atoms with Crippen molar-refractivity contribution < 1.29 is 33.8 Å². The highest BCUT2D eigenvalue weighted by atomic mass is 16.5. The molecule has 3 N–H and O–H groups in total. The topological polar surface area (TPSA) is 166 Å². The number of fused-ring (bicyclic) bond motifs is 6. The molecule has 0 unspecified atom stereocenters. The zero-order chi connectivity index (χ0) is 46.5. The highest BCUT2D eigenvalue weighted by Gasteiger charge is 2.37. The number of aromatic nitrogens is 2. The van der Waals surface area contributed by atoms with Gasteiger partial charge in [0, 0.05) is 80.3 Å². The fourth-order valence-corrected chi connectivity index (χ4v) is 9.20. The van der Waals surface area contributed by atoms with Crippen molar-refractivity contribution in [3.63, 3.8) is 0 Å². The summed E-state index contributed by atoms with van der Waals surface area (Å²) < 4.78 is 8.41. The number of benzene rings is 2. The van der Waals surface area contributed by atoms with Gasteiger partial charge in [-0.1, -0.05) is 53.3 Å². The number of cyclic esters (lactones) is 1. The fourth-order valence-electron chi connectivity index (χ4n) is 9.20. The zero-order valence-electron chi connectivity index (χ0n) is 38.7. The van der Waals surface area contributed by atoms with Gasteiger partial charge in [-0.05, 0) is 110 Å². The third-order valence-corrected chi connectivity index (χ3v) is 12.5. The summed E-state index contributed by atoms with van der Waals surface area (Å²) in [4.78, 5) is 75.9. The molecule has 1 fully saturated rings. The standard InChI is InChI=1S/C50H65N7O7/c1-10-39-36(16-13-21-51-39)46-38-29-50(6,7)30-64-49(63)40-17-14-23-57(53-40)48(62)41(52-47(61)45(31(4)5)55(9)44(60)18-15-22-54(8)43(59)11-2)26-32-24-34(27-35(58)25-32)33-19-20-42(37(38)28-33)56(46)12-3/h11,13,16,19-21,24-25,27-28,31,40-41,45,53,58H,2,10,12,14-15,17-18,22-23,26,29-30H2,1,3-9H3,(H,52,61)/t40-,41-,45-/m0/s1. The highest BCUT2D eigenvalue weighted by Crippen LogP contribution is 2.41. The summed E-state index contributed by atoms with van der Waals surface area (Å²) in [5, 5.41) is 16.7. The van der Waals surface area contributed by atoms with E-state index in [0.29, 0.717) is 44.3 Å². The summed E-state index contributed by atoms with van der Waals surface area (Å²) in [6.07, 6.45) is 5.84. The second-order valence-electron chi connectivity index (χ2n) is 18.3. The van der Waals surface area contributed by atoms with Crippen LogP contribution in [0.3, 0.4) is 0 Å². The number of carbonyl (C=O) groups excluding carboxylic acids is 5. The number of nitrogens with one attached hydrogen (secondary N) is 2. The van der Waals surface area contributed by atoms with Crippen LogP contribution in [-0.4, -0.2) is 111 Å². The van der Waals surface area contributed by atoms with E-state index >= 15 is 0 Å². The minimum Gasteiger partial charge on any atom is -0.508 e. The van der Waals surface area contributed by atoms with Gasteiger partial charge in [0.25, 0.3) is 5.91 Å². The van der Waals surface area contributed by atoms with Gasteiger partial charge in [-0.25, -0.2) is 5.43 Å². The van der Waals surface area contributed by atoms with Crippen LogP contribution in [-0.2, 0) is 54.5 Å². The highest BCUT2D eigenvalue weighted by molar-refractivity contribution is 5.96. The molecule has 14 nitrogen and oxygen atoms in total. The van der Waals surface area contributed by atoms with Gasteiger partial charge in [0.2, 0.25) is 17.7 Å². The molecule has 4 aromatic rings. The van der Waals surface area contributed by atoms with E-state index in [2.05, 4.69) is 67.8 Å². The number of phenolic OH excluding ortho intramolecular Hbond substituents is 1. The van der Waals surface area contributed by atoms with Crippen LogP contribution in [0.25, 0.3) is 33.3 Å². The molecule has 2 aromatic heterocycles. The van der Waals surface area contributed by atoms with Crippen LogP contribution in [0.15, 0.2) is 67.4 Å². The fraction of sp³-hybridized carbons (Fsp3) is 0.480. The lowest BCUT2D eigenvalue weighted by Crippen LogP contribution is -2.62. The molecule has 6 bridgehead atoms. The molecule has 2 aliphatic heterocycles. The first kappa shape index (κ1) is 47.5. The minimum atomic E-state index is -1.15. The Balaban J connectivity index is 1.42. The average Bonchev–Trinajstić information content (AvgIpc) is 3.57. The third-order valence-electron chi connectivity index (χ3n) is 12.5. The molecule has 4 amide bonds. The molecule has 6 rings (SSSR count). The molecule has 0 saturated carbocycles. The number of hydrazine groups is 1. The lowest BCUT2D eigenvalue weighted by atomic mass is 9.84. The molecule has 1 saturated heterocycles. The normalized spacial score (nSPS) is 18.2. The molecule has 4 heterocycles. The van der Waals surface area contributed by atoms with Gasteiger partial charge in [0.15, 0.2) is 0 Å². The predicted molar refractivity (Wildman–Crippen MR) is 248 cm³/mol. The van der Waals surface area contributed by atoms with Crippen LogP contribution in [0, 0.1) is 11.3 Å². The number of hydrogen-bond donors (Lipinski definition) is 3. The lowest BCUT2D eigenvalue weighted by Gasteiger charge is -2.36. The van der Waals surface area contributed by atoms with E-state index in [4.69, 9.17) is 9.72 Å². The molecule has 0 spiro atoms. The Morgan fingerprint density at radius 2 is 1.86 bits per heavy atom. The minimum absolute atomic E-state index is 0.000349. The number of likely N-dealkylation sites (N-methyl/N-ethyl adjacent to an activating group) is 2. The Labute approximate surface area is 377 Å². The number of rotatable bonds is 12. The number of hydrogen-bond acceptors (Lipinski definition) is 9. The number of ether oxygens (including phenoxy) is 1. The number of carbonyl (C=O) groups is 5. The van der Waals surface area contributed by atoms with Crippen LogP contribution in [0.4, 0.5) is 0 Å². The van der Waals surface area contributed by atoms with Crippen LogP contribution in [0.5, 0.6) is 5.75 Å². The van der Waals surface area contributed by atoms with Gasteiger partial charge in [0.1, 0.15) is 23.9 Å². The van der Waals surface area contributed by atoms with Gasteiger partial charge < -0.3 is 29.5 Å². The smallest absolute Gasteiger partial charge is 0.324 e. The summed E-state index contributed by atoms with van der Waals surface area (Å²) >= 11 is 0. The van der Waals surface area contributed by atoms with Crippen LogP contribution < -0.4 is 10.7 Å². The summed E-state index contributed by atoms with van der Waals surface area (Å²) in [6.45, 7) is 17.0. The average molecular weight is 876 g/mol. The number of esters is 1. The first-order valence-electron chi connectivity index (χ1n) is 22.6. The molecule has 342 valence electrons. The summed E-state index contributed by atoms with van der Waals surface area (Å²) in [5.74, 6) is -2.31. The maximum Gasteiger partial charge on any atom is 0.324 e. The van der Waals surface area contributed by atoms with Gasteiger partial charge in [0.05, 0.1) is 12.3 Å². The van der Waals surface area contributed by atoms with E-state index in [1.165, 1.54) is 20.9 Å². The Kier molecular flexibility index (Phi) is 15.0. The molecular weight excluding hydrogens is 811 g/mol. The first-order valence-corrected chi connectivity index (χ1v) is 22.6. The molecule has 0 radical (unpaired) electrons. The van der Waals surface area contributed by atoms with Crippen molar-refractivity contribution in [2.24, 2.45) is 11.3 Å². The Morgan fingerprint density at radius 1 is 1.09 bits per heavy atom. The molecule has 64 heavy (non-hydrogen) atoms. The van der Waals surface area contributed by atoms with E-state index in [1.54, 1.807) is 26.2 Å². The third kappa shape index (κ3) is 10.5. The van der Waals surface area contributed by atoms with Crippen LogP contribution >= 0.6 is 0 Å². The van der Waals surface area contributed by atoms with E-state index in [1.807, 2.05) is 38.2 Å². The number of phenols is 1. The van der Waals surface area contributed by atoms with E-state index in [9.17, 15) is 29.1 Å². The predicted octanol–water partition coefficient (Wildman–Crippen LogP) is 6.21. The molecular formula is C50H65N7O7. The lowest BCUT2D eigenvalue weighted by molar-refractivity contribution is -0.155. The van der Waals surface area contributed by atoms with Crippen molar-refractivity contribution >= 4 is 40.5 Å². The first-order chi connectivity index (χ1) is 30.5. The van der Waals surface area contributed by atoms with Gasteiger partial charge >= 0.3 is 5.97 Å². The van der Waals surface area contributed by atoms with Crippen molar-refractivity contribution in [1.82, 2.24) is 35.1 Å². The van der Waals surface area contributed by atoms with E-state index in [-0.39, 0.29) is 49.5 Å². The van der Waals surface area contributed by atoms with E-state index in [0.717, 1.165) is 51.0 Å². The van der Waals surface area contributed by atoms with Crippen molar-refractivity contribution in [1.29, 1.82) is 0 Å². The van der Waals surface area contributed by atoms with Gasteiger partial charge in [-0.15, -0.1) is 0 Å². The maximum absolute atomic E-state index is 14.6. The van der Waals surface area contributed by atoms with E-state index < -0.39 is 41.3 Å². The monoisotopic (exact) mass is 875 g/mol. The maximum atomic E-state index is 14.6.